The van der Waals surface area contributed by atoms with Gasteiger partial charge in [-0.3, -0.25) is 0 Å². The summed E-state index contributed by atoms with van der Waals surface area (Å²) in [4.78, 5) is 0. The quantitative estimate of drug-likeness (QED) is 0.523. The molecule has 2 aromatic rings. The molecule has 0 spiro atoms. The number of nitrogens with zero attached hydrogens (tertiary/aromatic N) is 4. The van der Waals surface area contributed by atoms with Gasteiger partial charge in [0.15, 0.2) is 0 Å². The van der Waals surface area contributed by atoms with Gasteiger partial charge in [-0.25, -0.2) is 4.68 Å². The van der Waals surface area contributed by atoms with E-state index in [4.69, 9.17) is 4.74 Å². The van der Waals surface area contributed by atoms with Crippen molar-refractivity contribution in [2.24, 2.45) is 5.10 Å². The van der Waals surface area contributed by atoms with E-state index in [1.807, 2.05) is 24.3 Å². The van der Waals surface area contributed by atoms with E-state index in [1.54, 1.807) is 23.5 Å². The molecule has 1 aromatic carbocycles. The second kappa shape index (κ2) is 8.89. The van der Waals surface area contributed by atoms with Crippen molar-refractivity contribution < 1.29 is 4.74 Å². The van der Waals surface area contributed by atoms with Gasteiger partial charge in [0.05, 0.1) is 12.8 Å². The summed E-state index contributed by atoms with van der Waals surface area (Å²) in [6, 6.07) is 7.92. The van der Waals surface area contributed by atoms with Crippen LogP contribution in [-0.2, 0) is 0 Å². The number of hydrogen-bond donors (Lipinski definition) is 0. The summed E-state index contributed by atoms with van der Waals surface area (Å²) in [5, 5.41) is 11.6. The lowest BCUT2D eigenvalue weighted by Gasteiger charge is -2.06. The van der Waals surface area contributed by atoms with Gasteiger partial charge in [-0.1, -0.05) is 32.6 Å². The molecule has 5 nitrogen and oxygen atoms in total. The van der Waals surface area contributed by atoms with Crippen LogP contribution in [0.1, 0.15) is 44.6 Å². The van der Waals surface area contributed by atoms with Crippen LogP contribution in [0.15, 0.2) is 42.0 Å². The van der Waals surface area contributed by atoms with Crippen molar-refractivity contribution in [3.05, 3.63) is 42.5 Å². The highest BCUT2D eigenvalue weighted by molar-refractivity contribution is 5.79. The van der Waals surface area contributed by atoms with Crippen molar-refractivity contribution in [1.82, 2.24) is 14.9 Å². The zero-order chi connectivity index (χ0) is 14.8. The number of benzene rings is 1. The molecule has 1 aromatic heterocycles. The molecule has 0 radical (unpaired) electrons. The Kier molecular flexibility index (Phi) is 6.45. The molecule has 0 aliphatic rings. The van der Waals surface area contributed by atoms with Crippen LogP contribution in [0.25, 0.3) is 0 Å². The highest BCUT2D eigenvalue weighted by atomic mass is 16.5. The summed E-state index contributed by atoms with van der Waals surface area (Å²) in [6.07, 6.45) is 11.1. The second-order valence-electron chi connectivity index (χ2n) is 4.92. The van der Waals surface area contributed by atoms with E-state index in [0.29, 0.717) is 0 Å². The first kappa shape index (κ1) is 15.2. The van der Waals surface area contributed by atoms with E-state index in [-0.39, 0.29) is 0 Å². The standard InChI is InChI=1S/C16H22N4O/c1-2-3-4-5-6-11-21-16-9-7-15(8-10-16)12-19-20-13-17-18-14-20/h7-10,12-14H,2-6,11H2,1H3/b19-12-. The molecule has 2 rings (SSSR count). The molecule has 1 heterocycles. The molecule has 0 saturated carbocycles. The fourth-order valence-electron chi connectivity index (χ4n) is 1.93. The third-order valence-electron chi connectivity index (χ3n) is 3.14. The molecule has 0 saturated heterocycles. The van der Waals surface area contributed by atoms with Gasteiger partial charge >= 0.3 is 0 Å². The van der Waals surface area contributed by atoms with E-state index in [1.165, 1.54) is 25.7 Å². The zero-order valence-electron chi connectivity index (χ0n) is 12.5. The van der Waals surface area contributed by atoms with E-state index in [9.17, 15) is 0 Å². The van der Waals surface area contributed by atoms with Crippen LogP contribution in [0.5, 0.6) is 5.75 Å². The maximum absolute atomic E-state index is 5.72. The molecule has 5 heteroatoms. The number of rotatable bonds is 9. The predicted octanol–water partition coefficient (Wildman–Crippen LogP) is 3.51. The summed E-state index contributed by atoms with van der Waals surface area (Å²) >= 11 is 0. The monoisotopic (exact) mass is 286 g/mol. The van der Waals surface area contributed by atoms with Crippen LogP contribution in [0, 0.1) is 0 Å². The van der Waals surface area contributed by atoms with Crippen molar-refractivity contribution in [2.75, 3.05) is 6.61 Å². The van der Waals surface area contributed by atoms with E-state index in [0.717, 1.165) is 24.3 Å². The molecule has 112 valence electrons. The van der Waals surface area contributed by atoms with E-state index in [2.05, 4.69) is 22.2 Å². The first-order valence-electron chi connectivity index (χ1n) is 7.50. The minimum Gasteiger partial charge on any atom is -0.494 e. The van der Waals surface area contributed by atoms with Gasteiger partial charge in [-0.2, -0.15) is 5.10 Å². The van der Waals surface area contributed by atoms with Gasteiger partial charge in [-0.05, 0) is 36.2 Å². The lowest BCUT2D eigenvalue weighted by atomic mass is 10.2. The fourth-order valence-corrected chi connectivity index (χ4v) is 1.93. The van der Waals surface area contributed by atoms with Crippen molar-refractivity contribution in [3.63, 3.8) is 0 Å². The van der Waals surface area contributed by atoms with Crippen molar-refractivity contribution in [2.45, 2.75) is 39.0 Å². The molecule has 0 unspecified atom stereocenters. The number of aromatic nitrogens is 3. The number of unbranched alkanes of at least 4 members (excludes halogenated alkanes) is 4. The Bertz CT molecular complexity index is 520. The van der Waals surface area contributed by atoms with Crippen molar-refractivity contribution in [3.8, 4) is 5.75 Å². The van der Waals surface area contributed by atoms with Gasteiger partial charge < -0.3 is 4.74 Å². The lowest BCUT2D eigenvalue weighted by molar-refractivity contribution is 0.304. The first-order valence-corrected chi connectivity index (χ1v) is 7.50. The van der Waals surface area contributed by atoms with Crippen molar-refractivity contribution in [1.29, 1.82) is 0 Å². The second-order valence-corrected chi connectivity index (χ2v) is 4.92. The molecular weight excluding hydrogens is 264 g/mol. The number of hydrogen-bond acceptors (Lipinski definition) is 4. The average molecular weight is 286 g/mol. The lowest BCUT2D eigenvalue weighted by Crippen LogP contribution is -1.97. The normalized spacial score (nSPS) is 11.1. The molecule has 0 fully saturated rings. The SMILES string of the molecule is CCCCCCCOc1ccc(/C=N\n2cnnc2)cc1. The summed E-state index contributed by atoms with van der Waals surface area (Å²) in [6.45, 7) is 3.02. The Morgan fingerprint density at radius 2 is 1.76 bits per heavy atom. The smallest absolute Gasteiger partial charge is 0.141 e. The third kappa shape index (κ3) is 5.77. The van der Waals surface area contributed by atoms with Gasteiger partial charge in [0, 0.05) is 0 Å². The Morgan fingerprint density at radius 3 is 2.48 bits per heavy atom. The summed E-state index contributed by atoms with van der Waals surface area (Å²) in [7, 11) is 0. The van der Waals surface area contributed by atoms with Gasteiger partial charge in [0.25, 0.3) is 0 Å². The largest absolute Gasteiger partial charge is 0.494 e. The topological polar surface area (TPSA) is 52.3 Å². The number of ether oxygens (including phenoxy) is 1. The van der Waals surface area contributed by atoms with Gasteiger partial charge in [0.1, 0.15) is 18.4 Å². The Labute approximate surface area is 125 Å². The summed E-state index contributed by atoms with van der Waals surface area (Å²) in [5.74, 6) is 0.909. The van der Waals surface area contributed by atoms with Crippen LogP contribution >= 0.6 is 0 Å². The van der Waals surface area contributed by atoms with E-state index >= 15 is 0 Å². The van der Waals surface area contributed by atoms with Gasteiger partial charge in [-0.15, -0.1) is 10.2 Å². The molecule has 0 aliphatic heterocycles. The highest BCUT2D eigenvalue weighted by Crippen LogP contribution is 2.12. The van der Waals surface area contributed by atoms with Crippen LogP contribution in [0.4, 0.5) is 0 Å². The molecule has 0 amide bonds. The third-order valence-corrected chi connectivity index (χ3v) is 3.14. The molecule has 0 bridgehead atoms. The maximum atomic E-state index is 5.72. The Hall–Kier alpha value is -2.17. The minimum atomic E-state index is 0.790. The van der Waals surface area contributed by atoms with Crippen LogP contribution < -0.4 is 4.74 Å². The first-order chi connectivity index (χ1) is 10.4. The molecule has 0 atom stereocenters. The van der Waals surface area contributed by atoms with Crippen molar-refractivity contribution >= 4 is 6.21 Å². The molecule has 0 N–H and O–H groups in total. The molecular formula is C16H22N4O. The minimum absolute atomic E-state index is 0.790. The molecule has 21 heavy (non-hydrogen) atoms. The predicted molar refractivity (Wildman–Crippen MR) is 83.7 cm³/mol. The summed E-state index contributed by atoms with van der Waals surface area (Å²) in [5.41, 5.74) is 1.01. The van der Waals surface area contributed by atoms with Gasteiger partial charge in [0.2, 0.25) is 0 Å². The zero-order valence-corrected chi connectivity index (χ0v) is 12.5. The van der Waals surface area contributed by atoms with Crippen LogP contribution in [0.3, 0.4) is 0 Å². The average Bonchev–Trinajstić information content (AvgIpc) is 3.03. The molecule has 0 aliphatic carbocycles. The highest BCUT2D eigenvalue weighted by Gasteiger charge is 1.95. The Balaban J connectivity index is 1.72. The fraction of sp³-hybridized carbons (Fsp3) is 0.438. The Morgan fingerprint density at radius 1 is 1.05 bits per heavy atom. The van der Waals surface area contributed by atoms with Crippen LogP contribution in [-0.4, -0.2) is 27.7 Å². The maximum Gasteiger partial charge on any atom is 0.141 e. The summed E-state index contributed by atoms with van der Waals surface area (Å²) < 4.78 is 7.28. The van der Waals surface area contributed by atoms with Crippen LogP contribution in [0.2, 0.25) is 0 Å². The van der Waals surface area contributed by atoms with E-state index < -0.39 is 0 Å².